The number of amidine groups is 1. The molecule has 1 aromatic heterocycles. The van der Waals surface area contributed by atoms with E-state index in [1.54, 1.807) is 30.3 Å². The third-order valence-electron chi connectivity index (χ3n) is 3.77. The van der Waals surface area contributed by atoms with Gasteiger partial charge >= 0.3 is 11.9 Å². The van der Waals surface area contributed by atoms with Gasteiger partial charge in [0.1, 0.15) is 18.1 Å². The van der Waals surface area contributed by atoms with Gasteiger partial charge in [0.15, 0.2) is 5.17 Å². The molecule has 11 heteroatoms. The van der Waals surface area contributed by atoms with Gasteiger partial charge < -0.3 is 18.6 Å². The molecular formula is C20H17N3O7S. The van der Waals surface area contributed by atoms with Crippen molar-refractivity contribution < 1.29 is 33.0 Å². The molecule has 1 aliphatic rings. The molecule has 0 radical (unpaired) electrons. The summed E-state index contributed by atoms with van der Waals surface area (Å²) in [5, 5.41) is 10.6. The number of ether oxygens (including phenoxy) is 3. The van der Waals surface area contributed by atoms with Crippen molar-refractivity contribution in [3.8, 4) is 5.75 Å². The lowest BCUT2D eigenvalue weighted by atomic mass is 10.2. The molecule has 0 atom stereocenters. The minimum atomic E-state index is -0.624. The zero-order chi connectivity index (χ0) is 22.2. The first kappa shape index (κ1) is 21.8. The van der Waals surface area contributed by atoms with Gasteiger partial charge in [-0.1, -0.05) is 0 Å². The molecule has 1 saturated heterocycles. The Kier molecular flexibility index (Phi) is 7.22. The molecule has 0 bridgehead atoms. The summed E-state index contributed by atoms with van der Waals surface area (Å²) in [6.07, 6.45) is 2.59. The lowest BCUT2D eigenvalue weighted by Crippen LogP contribution is -2.19. The minimum absolute atomic E-state index is 0.110. The minimum Gasteiger partial charge on any atom is -0.486 e. The number of rotatable bonds is 7. The lowest BCUT2D eigenvalue weighted by molar-refractivity contribution is -0.135. The molecule has 31 heavy (non-hydrogen) atoms. The first-order chi connectivity index (χ1) is 15.0. The first-order valence-electron chi connectivity index (χ1n) is 8.78. The molecule has 1 fully saturated rings. The van der Waals surface area contributed by atoms with Crippen LogP contribution < -0.4 is 10.1 Å². The molecule has 1 N–H and O–H groups in total. The van der Waals surface area contributed by atoms with E-state index in [4.69, 9.17) is 9.15 Å². The third kappa shape index (κ3) is 6.06. The van der Waals surface area contributed by atoms with Gasteiger partial charge in [-0.25, -0.2) is 9.59 Å². The number of furan rings is 1. The lowest BCUT2D eigenvalue weighted by Gasteiger charge is -2.04. The Balaban J connectivity index is 1.53. The number of carbonyl (C=O) groups excluding carboxylic acids is 3. The number of thioether (sulfide) groups is 1. The van der Waals surface area contributed by atoms with Crippen LogP contribution in [-0.2, 0) is 25.7 Å². The second-order valence-corrected chi connectivity index (χ2v) is 6.88. The molecule has 0 saturated carbocycles. The Labute approximate surface area is 180 Å². The maximum absolute atomic E-state index is 11.7. The average molecular weight is 443 g/mol. The van der Waals surface area contributed by atoms with E-state index >= 15 is 0 Å². The molecule has 0 unspecified atom stereocenters. The van der Waals surface area contributed by atoms with Gasteiger partial charge in [0, 0.05) is 6.08 Å². The van der Waals surface area contributed by atoms with Crippen molar-refractivity contribution in [2.75, 3.05) is 14.2 Å². The topological polar surface area (TPSA) is 129 Å². The summed E-state index contributed by atoms with van der Waals surface area (Å²) in [6, 6.07) is 10.2. The molecule has 1 amide bonds. The fraction of sp³-hybridized carbons (Fsp3) is 0.150. The number of benzene rings is 1. The number of methoxy groups -OCH3 is 2. The molecule has 0 spiro atoms. The maximum Gasteiger partial charge on any atom is 0.373 e. The molecule has 1 aromatic carbocycles. The summed E-state index contributed by atoms with van der Waals surface area (Å²) in [5.74, 6) is -0.431. The van der Waals surface area contributed by atoms with Crippen LogP contribution in [0.25, 0.3) is 0 Å². The van der Waals surface area contributed by atoms with E-state index in [9.17, 15) is 14.4 Å². The zero-order valence-electron chi connectivity index (χ0n) is 16.5. The molecule has 3 rings (SSSR count). The highest BCUT2D eigenvalue weighted by Gasteiger charge is 2.25. The van der Waals surface area contributed by atoms with Gasteiger partial charge in [-0.05, 0) is 53.7 Å². The molecular weight excluding hydrogens is 426 g/mol. The highest BCUT2D eigenvalue weighted by molar-refractivity contribution is 8.18. The SMILES string of the molecule is COC(=O)/C=C1/S/C(=N\N=Cc2ccc(OCc3ccc(C(=O)OC)o3)cc2)NC1=O. The number of carbonyl (C=O) groups is 3. The van der Waals surface area contributed by atoms with Crippen LogP contribution in [0, 0.1) is 0 Å². The summed E-state index contributed by atoms with van der Waals surface area (Å²) in [7, 11) is 2.50. The van der Waals surface area contributed by atoms with E-state index in [1.165, 1.54) is 26.5 Å². The molecule has 2 heterocycles. The molecule has 0 aliphatic carbocycles. The quantitative estimate of drug-likeness (QED) is 0.299. The third-order valence-corrected chi connectivity index (χ3v) is 4.67. The van der Waals surface area contributed by atoms with Crippen LogP contribution in [0.5, 0.6) is 5.75 Å². The Morgan fingerprint density at radius 3 is 2.61 bits per heavy atom. The van der Waals surface area contributed by atoms with Gasteiger partial charge in [-0.2, -0.15) is 5.10 Å². The number of nitrogens with one attached hydrogen (secondary N) is 1. The van der Waals surface area contributed by atoms with Gasteiger partial charge in [0.2, 0.25) is 5.76 Å². The van der Waals surface area contributed by atoms with Crippen molar-refractivity contribution in [1.82, 2.24) is 5.32 Å². The van der Waals surface area contributed by atoms with Gasteiger partial charge in [-0.15, -0.1) is 5.10 Å². The Bertz CT molecular complexity index is 1070. The maximum atomic E-state index is 11.7. The molecule has 10 nitrogen and oxygen atoms in total. The van der Waals surface area contributed by atoms with Crippen LogP contribution >= 0.6 is 11.8 Å². The standard InChI is InChI=1S/C20H17N3O7S/c1-27-17(24)9-16-18(25)22-20(31-16)23-21-10-12-3-5-13(6-4-12)29-11-14-7-8-15(30-14)19(26)28-2/h3-10H,11H2,1-2H3,(H,22,23,25)/b16-9+,21-10?. The van der Waals surface area contributed by atoms with E-state index < -0.39 is 17.8 Å². The van der Waals surface area contributed by atoms with E-state index in [-0.39, 0.29) is 22.4 Å². The Hall–Kier alpha value is -3.86. The van der Waals surface area contributed by atoms with Crippen LogP contribution in [0.2, 0.25) is 0 Å². The van der Waals surface area contributed by atoms with Crippen molar-refractivity contribution in [1.29, 1.82) is 0 Å². The van der Waals surface area contributed by atoms with E-state index in [1.807, 2.05) is 0 Å². The van der Waals surface area contributed by atoms with E-state index in [2.05, 4.69) is 25.0 Å². The van der Waals surface area contributed by atoms with Crippen molar-refractivity contribution in [3.05, 3.63) is 64.5 Å². The summed E-state index contributed by atoms with van der Waals surface area (Å²) < 4.78 is 20.0. The highest BCUT2D eigenvalue weighted by atomic mass is 32.2. The van der Waals surface area contributed by atoms with Crippen molar-refractivity contribution in [2.24, 2.45) is 10.2 Å². The normalized spacial score (nSPS) is 16.0. The number of esters is 2. The van der Waals surface area contributed by atoms with Crippen molar-refractivity contribution in [3.63, 3.8) is 0 Å². The number of amides is 1. The number of nitrogens with zero attached hydrogens (tertiary/aromatic N) is 2. The second-order valence-electron chi connectivity index (χ2n) is 5.85. The monoisotopic (exact) mass is 443 g/mol. The Morgan fingerprint density at radius 1 is 1.13 bits per heavy atom. The average Bonchev–Trinajstić information content (AvgIpc) is 3.39. The predicted octanol–water partition coefficient (Wildman–Crippen LogP) is 2.25. The smallest absolute Gasteiger partial charge is 0.373 e. The van der Waals surface area contributed by atoms with Crippen molar-refractivity contribution in [2.45, 2.75) is 6.61 Å². The first-order valence-corrected chi connectivity index (χ1v) is 9.60. The van der Waals surface area contributed by atoms with Crippen LogP contribution in [-0.4, -0.2) is 43.4 Å². The van der Waals surface area contributed by atoms with Crippen LogP contribution in [0.15, 0.2) is 62.0 Å². The number of hydrogen-bond donors (Lipinski definition) is 1. The van der Waals surface area contributed by atoms with Gasteiger partial charge in [0.25, 0.3) is 5.91 Å². The van der Waals surface area contributed by atoms with Crippen molar-refractivity contribution >= 4 is 41.0 Å². The molecule has 2 aromatic rings. The summed E-state index contributed by atoms with van der Waals surface area (Å²) >= 11 is 0.987. The fourth-order valence-electron chi connectivity index (χ4n) is 2.26. The van der Waals surface area contributed by atoms with E-state index in [0.717, 1.165) is 23.4 Å². The fourth-order valence-corrected chi connectivity index (χ4v) is 3.00. The highest BCUT2D eigenvalue weighted by Crippen LogP contribution is 2.23. The predicted molar refractivity (Wildman–Crippen MR) is 112 cm³/mol. The zero-order valence-corrected chi connectivity index (χ0v) is 17.3. The van der Waals surface area contributed by atoms with Gasteiger partial charge in [0.05, 0.1) is 25.3 Å². The summed E-state index contributed by atoms with van der Waals surface area (Å²) in [6.45, 7) is 0.149. The number of hydrogen-bond acceptors (Lipinski definition) is 10. The Morgan fingerprint density at radius 2 is 1.90 bits per heavy atom. The van der Waals surface area contributed by atoms with Crippen LogP contribution in [0.1, 0.15) is 21.9 Å². The van der Waals surface area contributed by atoms with Crippen LogP contribution in [0.3, 0.4) is 0 Å². The summed E-state index contributed by atoms with van der Waals surface area (Å²) in [4.78, 5) is 34.5. The second kappa shape index (κ2) is 10.3. The molecule has 160 valence electrons. The summed E-state index contributed by atoms with van der Waals surface area (Å²) in [5.41, 5.74) is 0.752. The van der Waals surface area contributed by atoms with Crippen LogP contribution in [0.4, 0.5) is 0 Å². The largest absolute Gasteiger partial charge is 0.486 e. The van der Waals surface area contributed by atoms with E-state index in [0.29, 0.717) is 11.5 Å². The van der Waals surface area contributed by atoms with Gasteiger partial charge in [-0.3, -0.25) is 10.1 Å². The molecule has 1 aliphatic heterocycles.